The van der Waals surface area contributed by atoms with Crippen LogP contribution in [0.15, 0.2) is 78.9 Å². The Kier molecular flexibility index (Phi) is 6.63. The summed E-state index contributed by atoms with van der Waals surface area (Å²) in [5.41, 5.74) is 3.25. The van der Waals surface area contributed by atoms with E-state index in [9.17, 15) is 9.59 Å². The average molecular weight is 388 g/mol. The highest BCUT2D eigenvalue weighted by molar-refractivity contribution is 5.98. The van der Waals surface area contributed by atoms with Gasteiger partial charge in [-0.25, -0.2) is 0 Å². The quantitative estimate of drug-likeness (QED) is 0.626. The standard InChI is InChI=1S/C24H24N2O3/c1-3-22(24(28)26-20-11-7-10-19(16-20)23(27)25-2)29-21-14-12-18(13-15-21)17-8-5-4-6-9-17/h4-16,22H,3H2,1-2H3,(H,25,27)(H,26,28). The third-order valence-electron chi connectivity index (χ3n) is 4.52. The summed E-state index contributed by atoms with van der Waals surface area (Å²) in [6, 6.07) is 24.5. The molecule has 0 saturated carbocycles. The summed E-state index contributed by atoms with van der Waals surface area (Å²) in [6.07, 6.45) is -0.122. The van der Waals surface area contributed by atoms with E-state index in [1.807, 2.05) is 61.5 Å². The first kappa shape index (κ1) is 20.1. The summed E-state index contributed by atoms with van der Waals surface area (Å²) in [4.78, 5) is 24.4. The van der Waals surface area contributed by atoms with E-state index >= 15 is 0 Å². The van der Waals surface area contributed by atoms with Crippen molar-refractivity contribution in [1.29, 1.82) is 0 Å². The van der Waals surface area contributed by atoms with Crippen molar-refractivity contribution in [2.75, 3.05) is 12.4 Å². The normalized spacial score (nSPS) is 11.4. The lowest BCUT2D eigenvalue weighted by Crippen LogP contribution is -2.32. The van der Waals surface area contributed by atoms with Crippen molar-refractivity contribution in [2.45, 2.75) is 19.4 Å². The van der Waals surface area contributed by atoms with Gasteiger partial charge in [0.15, 0.2) is 6.10 Å². The summed E-state index contributed by atoms with van der Waals surface area (Å²) in [5, 5.41) is 5.39. The van der Waals surface area contributed by atoms with Crippen LogP contribution in [-0.2, 0) is 4.79 Å². The second-order valence-corrected chi connectivity index (χ2v) is 6.55. The van der Waals surface area contributed by atoms with E-state index in [4.69, 9.17) is 4.74 Å². The molecule has 0 bridgehead atoms. The molecule has 0 aromatic heterocycles. The molecule has 2 amide bonds. The number of hydrogen-bond donors (Lipinski definition) is 2. The molecule has 0 saturated heterocycles. The fraction of sp³-hybridized carbons (Fsp3) is 0.167. The molecule has 29 heavy (non-hydrogen) atoms. The first-order valence-electron chi connectivity index (χ1n) is 9.56. The maximum absolute atomic E-state index is 12.7. The van der Waals surface area contributed by atoms with Crippen LogP contribution in [0.2, 0.25) is 0 Å². The van der Waals surface area contributed by atoms with Crippen LogP contribution in [0.3, 0.4) is 0 Å². The zero-order valence-electron chi connectivity index (χ0n) is 16.5. The van der Waals surface area contributed by atoms with E-state index in [-0.39, 0.29) is 11.8 Å². The molecule has 2 N–H and O–H groups in total. The van der Waals surface area contributed by atoms with Gasteiger partial charge in [-0.15, -0.1) is 0 Å². The van der Waals surface area contributed by atoms with Crippen molar-refractivity contribution < 1.29 is 14.3 Å². The smallest absolute Gasteiger partial charge is 0.265 e. The van der Waals surface area contributed by atoms with E-state index in [1.54, 1.807) is 31.3 Å². The van der Waals surface area contributed by atoms with Crippen molar-refractivity contribution >= 4 is 17.5 Å². The Morgan fingerprint density at radius 2 is 1.59 bits per heavy atom. The highest BCUT2D eigenvalue weighted by Crippen LogP contribution is 2.23. The lowest BCUT2D eigenvalue weighted by molar-refractivity contribution is -0.122. The molecule has 5 heteroatoms. The Bertz CT molecular complexity index is 969. The van der Waals surface area contributed by atoms with Gasteiger partial charge in [0, 0.05) is 18.3 Å². The maximum atomic E-state index is 12.7. The van der Waals surface area contributed by atoms with Crippen LogP contribution in [0, 0.1) is 0 Å². The van der Waals surface area contributed by atoms with E-state index in [2.05, 4.69) is 10.6 Å². The fourth-order valence-corrected chi connectivity index (χ4v) is 2.95. The zero-order valence-corrected chi connectivity index (χ0v) is 16.5. The summed E-state index contributed by atoms with van der Waals surface area (Å²) in [6.45, 7) is 1.89. The van der Waals surface area contributed by atoms with Gasteiger partial charge in [-0.2, -0.15) is 0 Å². The van der Waals surface area contributed by atoms with Crippen molar-refractivity contribution in [3.8, 4) is 16.9 Å². The summed E-state index contributed by atoms with van der Waals surface area (Å²) in [7, 11) is 1.57. The Labute approximate surface area is 170 Å². The molecule has 0 fully saturated rings. The van der Waals surface area contributed by atoms with Gasteiger partial charge in [0.1, 0.15) is 5.75 Å². The highest BCUT2D eigenvalue weighted by Gasteiger charge is 2.19. The zero-order chi connectivity index (χ0) is 20.6. The van der Waals surface area contributed by atoms with Crippen LogP contribution in [-0.4, -0.2) is 25.0 Å². The maximum Gasteiger partial charge on any atom is 0.265 e. The largest absolute Gasteiger partial charge is 0.481 e. The van der Waals surface area contributed by atoms with Crippen molar-refractivity contribution in [2.24, 2.45) is 0 Å². The summed E-state index contributed by atoms with van der Waals surface area (Å²) in [5.74, 6) is 0.169. The van der Waals surface area contributed by atoms with Crippen LogP contribution in [0.25, 0.3) is 11.1 Å². The minimum absolute atomic E-state index is 0.206. The molecule has 0 radical (unpaired) electrons. The number of amides is 2. The van der Waals surface area contributed by atoms with Crippen molar-refractivity contribution in [3.05, 3.63) is 84.4 Å². The summed E-state index contributed by atoms with van der Waals surface area (Å²) < 4.78 is 5.90. The predicted molar refractivity (Wildman–Crippen MR) is 115 cm³/mol. The van der Waals surface area contributed by atoms with Crippen LogP contribution >= 0.6 is 0 Å². The average Bonchev–Trinajstić information content (AvgIpc) is 2.78. The number of rotatable bonds is 7. The number of anilines is 1. The number of ether oxygens (including phenoxy) is 1. The molecule has 0 heterocycles. The van der Waals surface area contributed by atoms with E-state index < -0.39 is 6.10 Å². The van der Waals surface area contributed by atoms with E-state index in [0.29, 0.717) is 23.4 Å². The van der Waals surface area contributed by atoms with Gasteiger partial charge in [-0.1, -0.05) is 55.5 Å². The fourth-order valence-electron chi connectivity index (χ4n) is 2.95. The van der Waals surface area contributed by atoms with Gasteiger partial charge < -0.3 is 15.4 Å². The lowest BCUT2D eigenvalue weighted by Gasteiger charge is -2.18. The molecule has 0 aliphatic heterocycles. The predicted octanol–water partition coefficient (Wildman–Crippen LogP) is 4.51. The molecule has 5 nitrogen and oxygen atoms in total. The Balaban J connectivity index is 1.66. The number of nitrogens with one attached hydrogen (secondary N) is 2. The minimum Gasteiger partial charge on any atom is -0.481 e. The molecule has 1 unspecified atom stereocenters. The van der Waals surface area contributed by atoms with Gasteiger partial charge in [-0.05, 0) is 47.9 Å². The van der Waals surface area contributed by atoms with Crippen LogP contribution in [0.4, 0.5) is 5.69 Å². The first-order chi connectivity index (χ1) is 14.1. The third kappa shape index (κ3) is 5.23. The molecule has 0 aliphatic carbocycles. The molecule has 0 spiro atoms. The topological polar surface area (TPSA) is 67.4 Å². The molecule has 0 aliphatic rings. The molecule has 148 valence electrons. The Morgan fingerprint density at radius 3 is 2.24 bits per heavy atom. The Morgan fingerprint density at radius 1 is 0.897 bits per heavy atom. The van der Waals surface area contributed by atoms with E-state index in [1.165, 1.54) is 0 Å². The van der Waals surface area contributed by atoms with Gasteiger partial charge >= 0.3 is 0 Å². The first-order valence-corrected chi connectivity index (χ1v) is 9.56. The molecule has 3 aromatic carbocycles. The van der Waals surface area contributed by atoms with Crippen LogP contribution < -0.4 is 15.4 Å². The second kappa shape index (κ2) is 9.55. The van der Waals surface area contributed by atoms with Crippen molar-refractivity contribution in [1.82, 2.24) is 5.32 Å². The number of carbonyl (C=O) groups excluding carboxylic acids is 2. The van der Waals surface area contributed by atoms with Crippen LogP contribution in [0.5, 0.6) is 5.75 Å². The lowest BCUT2D eigenvalue weighted by atomic mass is 10.1. The van der Waals surface area contributed by atoms with Gasteiger partial charge in [0.05, 0.1) is 0 Å². The third-order valence-corrected chi connectivity index (χ3v) is 4.52. The number of hydrogen-bond acceptors (Lipinski definition) is 3. The number of carbonyl (C=O) groups is 2. The number of benzene rings is 3. The molecular weight excluding hydrogens is 364 g/mol. The second-order valence-electron chi connectivity index (χ2n) is 6.55. The van der Waals surface area contributed by atoms with Gasteiger partial charge in [0.2, 0.25) is 0 Å². The molecule has 1 atom stereocenters. The SMILES string of the molecule is CCC(Oc1ccc(-c2ccccc2)cc1)C(=O)Nc1cccc(C(=O)NC)c1. The summed E-state index contributed by atoms with van der Waals surface area (Å²) >= 11 is 0. The molecular formula is C24H24N2O3. The molecule has 3 rings (SSSR count). The molecule has 3 aromatic rings. The van der Waals surface area contributed by atoms with Crippen molar-refractivity contribution in [3.63, 3.8) is 0 Å². The van der Waals surface area contributed by atoms with E-state index in [0.717, 1.165) is 11.1 Å². The van der Waals surface area contributed by atoms with Crippen LogP contribution in [0.1, 0.15) is 23.7 Å². The van der Waals surface area contributed by atoms with Gasteiger partial charge in [0.25, 0.3) is 11.8 Å². The van der Waals surface area contributed by atoms with Gasteiger partial charge in [-0.3, -0.25) is 9.59 Å². The minimum atomic E-state index is -0.638. The monoisotopic (exact) mass is 388 g/mol. The highest BCUT2D eigenvalue weighted by atomic mass is 16.5. The Hall–Kier alpha value is -3.60.